The van der Waals surface area contributed by atoms with Gasteiger partial charge in [0.15, 0.2) is 0 Å². The van der Waals surface area contributed by atoms with Gasteiger partial charge < -0.3 is 10.1 Å². The van der Waals surface area contributed by atoms with Crippen molar-refractivity contribution in [3.05, 3.63) is 24.3 Å². The quantitative estimate of drug-likeness (QED) is 0.883. The van der Waals surface area contributed by atoms with Gasteiger partial charge in [-0.15, -0.1) is 0 Å². The maximum atomic E-state index is 12.7. The molecule has 1 aromatic rings. The van der Waals surface area contributed by atoms with E-state index in [1.165, 1.54) is 4.31 Å². The molecular formula is C15H22N2O4S. The minimum atomic E-state index is -3.57. The first-order valence-electron chi connectivity index (χ1n) is 7.43. The highest BCUT2D eigenvalue weighted by atomic mass is 32.2. The molecule has 0 bridgehead atoms. The van der Waals surface area contributed by atoms with Crippen molar-refractivity contribution in [1.82, 2.24) is 9.62 Å². The standard InChI is InChI=1S/C15H22N2O4S/c1-3-21-13-6-8-14(9-7-13)22(19,20)17-10-4-5-12(11-17)15(18)16-2/h6-9,12H,3-5,10-11H2,1-2H3,(H,16,18). The largest absolute Gasteiger partial charge is 0.494 e. The molecule has 1 aromatic carbocycles. The van der Waals surface area contributed by atoms with E-state index in [0.29, 0.717) is 25.3 Å². The highest BCUT2D eigenvalue weighted by Gasteiger charge is 2.32. The van der Waals surface area contributed by atoms with E-state index in [1.807, 2.05) is 6.92 Å². The number of ether oxygens (including phenoxy) is 1. The van der Waals surface area contributed by atoms with Crippen LogP contribution in [0.4, 0.5) is 0 Å². The number of rotatable bonds is 5. The minimum Gasteiger partial charge on any atom is -0.494 e. The highest BCUT2D eigenvalue weighted by molar-refractivity contribution is 7.89. The van der Waals surface area contributed by atoms with Crippen LogP contribution in [0.25, 0.3) is 0 Å². The average Bonchev–Trinajstić information content (AvgIpc) is 2.55. The summed E-state index contributed by atoms with van der Waals surface area (Å²) in [5.41, 5.74) is 0. The van der Waals surface area contributed by atoms with Crippen molar-refractivity contribution in [1.29, 1.82) is 0 Å². The number of nitrogens with zero attached hydrogens (tertiary/aromatic N) is 1. The molecule has 0 aromatic heterocycles. The van der Waals surface area contributed by atoms with Gasteiger partial charge in [-0.3, -0.25) is 4.79 Å². The van der Waals surface area contributed by atoms with Gasteiger partial charge in [0.1, 0.15) is 5.75 Å². The van der Waals surface area contributed by atoms with Gasteiger partial charge in [-0.25, -0.2) is 8.42 Å². The zero-order valence-electron chi connectivity index (χ0n) is 12.9. The Morgan fingerprint density at radius 2 is 2.05 bits per heavy atom. The zero-order valence-corrected chi connectivity index (χ0v) is 13.7. The third-order valence-corrected chi connectivity index (χ3v) is 5.65. The van der Waals surface area contributed by atoms with Gasteiger partial charge >= 0.3 is 0 Å². The van der Waals surface area contributed by atoms with E-state index in [4.69, 9.17) is 4.74 Å². The second kappa shape index (κ2) is 7.11. The maximum Gasteiger partial charge on any atom is 0.243 e. The normalized spacial score (nSPS) is 19.6. The third-order valence-electron chi connectivity index (χ3n) is 3.77. The number of hydrogen-bond donors (Lipinski definition) is 1. The van der Waals surface area contributed by atoms with Crippen LogP contribution in [0.3, 0.4) is 0 Å². The number of hydrogen-bond acceptors (Lipinski definition) is 4. The van der Waals surface area contributed by atoms with E-state index in [-0.39, 0.29) is 23.3 Å². The zero-order chi connectivity index (χ0) is 16.2. The van der Waals surface area contributed by atoms with E-state index in [2.05, 4.69) is 5.32 Å². The molecule has 1 fully saturated rings. The van der Waals surface area contributed by atoms with Crippen LogP contribution in [0.5, 0.6) is 5.75 Å². The van der Waals surface area contributed by atoms with E-state index < -0.39 is 10.0 Å². The molecule has 6 nitrogen and oxygen atoms in total. The van der Waals surface area contributed by atoms with Crippen LogP contribution in [0.1, 0.15) is 19.8 Å². The van der Waals surface area contributed by atoms with E-state index in [9.17, 15) is 13.2 Å². The first-order valence-corrected chi connectivity index (χ1v) is 8.87. The van der Waals surface area contributed by atoms with Crippen molar-refractivity contribution in [3.8, 4) is 5.75 Å². The Hall–Kier alpha value is -1.60. The molecule has 122 valence electrons. The Morgan fingerprint density at radius 3 is 2.64 bits per heavy atom. The highest BCUT2D eigenvalue weighted by Crippen LogP contribution is 2.25. The maximum absolute atomic E-state index is 12.7. The summed E-state index contributed by atoms with van der Waals surface area (Å²) in [5, 5.41) is 2.59. The summed E-state index contributed by atoms with van der Waals surface area (Å²) in [5.74, 6) is 0.256. The molecule has 1 N–H and O–H groups in total. The Bertz CT molecular complexity index is 613. The molecule has 0 spiro atoms. The van der Waals surface area contributed by atoms with Crippen molar-refractivity contribution in [3.63, 3.8) is 0 Å². The number of carbonyl (C=O) groups is 1. The fraction of sp³-hybridized carbons (Fsp3) is 0.533. The second-order valence-corrected chi connectivity index (χ2v) is 7.16. The molecule has 2 rings (SSSR count). The summed E-state index contributed by atoms with van der Waals surface area (Å²) in [6, 6.07) is 6.39. The number of piperidine rings is 1. The van der Waals surface area contributed by atoms with Crippen LogP contribution in [-0.4, -0.2) is 45.4 Å². The lowest BCUT2D eigenvalue weighted by Crippen LogP contribution is -2.44. The Kier molecular flexibility index (Phi) is 5.42. The van der Waals surface area contributed by atoms with E-state index >= 15 is 0 Å². The van der Waals surface area contributed by atoms with Crippen molar-refractivity contribution in [2.24, 2.45) is 5.92 Å². The Morgan fingerprint density at radius 1 is 1.36 bits per heavy atom. The molecule has 0 saturated carbocycles. The molecule has 1 saturated heterocycles. The number of sulfonamides is 1. The van der Waals surface area contributed by atoms with Crippen LogP contribution in [0.15, 0.2) is 29.2 Å². The minimum absolute atomic E-state index is 0.105. The summed E-state index contributed by atoms with van der Waals surface area (Å²) in [6.07, 6.45) is 1.41. The van der Waals surface area contributed by atoms with Gasteiger partial charge in [-0.05, 0) is 44.0 Å². The molecule has 1 aliphatic rings. The van der Waals surface area contributed by atoms with E-state index in [1.54, 1.807) is 31.3 Å². The van der Waals surface area contributed by atoms with Crippen molar-refractivity contribution >= 4 is 15.9 Å². The molecule has 0 radical (unpaired) electrons. The molecule has 0 aliphatic carbocycles. The van der Waals surface area contributed by atoms with Gasteiger partial charge in [-0.1, -0.05) is 0 Å². The summed E-state index contributed by atoms with van der Waals surface area (Å²) in [4.78, 5) is 12.0. The predicted molar refractivity (Wildman–Crippen MR) is 83.2 cm³/mol. The van der Waals surface area contributed by atoms with Gasteiger partial charge in [-0.2, -0.15) is 4.31 Å². The first-order chi connectivity index (χ1) is 10.5. The van der Waals surface area contributed by atoms with Gasteiger partial charge in [0.2, 0.25) is 15.9 Å². The van der Waals surface area contributed by atoms with Crippen LogP contribution >= 0.6 is 0 Å². The van der Waals surface area contributed by atoms with Crippen LogP contribution in [-0.2, 0) is 14.8 Å². The average molecular weight is 326 g/mol. The van der Waals surface area contributed by atoms with Crippen LogP contribution in [0, 0.1) is 5.92 Å². The number of amides is 1. The van der Waals surface area contributed by atoms with Gasteiger partial charge in [0, 0.05) is 20.1 Å². The van der Waals surface area contributed by atoms with E-state index in [0.717, 1.165) is 6.42 Å². The summed E-state index contributed by atoms with van der Waals surface area (Å²) >= 11 is 0. The Labute approximate surface area is 131 Å². The molecule has 1 amide bonds. The SMILES string of the molecule is CCOc1ccc(S(=O)(=O)N2CCCC(C(=O)NC)C2)cc1. The lowest BCUT2D eigenvalue weighted by molar-refractivity contribution is -0.125. The first kappa shape index (κ1) is 16.8. The lowest BCUT2D eigenvalue weighted by Gasteiger charge is -2.31. The molecule has 7 heteroatoms. The van der Waals surface area contributed by atoms with Crippen molar-refractivity contribution in [2.75, 3.05) is 26.7 Å². The van der Waals surface area contributed by atoms with Crippen molar-refractivity contribution in [2.45, 2.75) is 24.7 Å². The lowest BCUT2D eigenvalue weighted by atomic mass is 9.99. The van der Waals surface area contributed by atoms with Crippen LogP contribution < -0.4 is 10.1 Å². The number of nitrogens with one attached hydrogen (secondary N) is 1. The summed E-state index contributed by atoms with van der Waals surface area (Å²) < 4.78 is 32.0. The predicted octanol–water partition coefficient (Wildman–Crippen LogP) is 1.23. The number of carbonyl (C=O) groups excluding carboxylic acids is 1. The van der Waals surface area contributed by atoms with Crippen molar-refractivity contribution < 1.29 is 17.9 Å². The third kappa shape index (κ3) is 3.59. The molecule has 1 aliphatic heterocycles. The molecule has 22 heavy (non-hydrogen) atoms. The monoisotopic (exact) mass is 326 g/mol. The smallest absolute Gasteiger partial charge is 0.243 e. The topological polar surface area (TPSA) is 75.7 Å². The second-order valence-electron chi connectivity index (χ2n) is 5.22. The fourth-order valence-electron chi connectivity index (χ4n) is 2.60. The molecule has 1 atom stereocenters. The summed E-state index contributed by atoms with van der Waals surface area (Å²) in [6.45, 7) is 3.08. The Balaban J connectivity index is 2.16. The van der Waals surface area contributed by atoms with Gasteiger partial charge in [0.05, 0.1) is 17.4 Å². The molecule has 1 unspecified atom stereocenters. The molecule has 1 heterocycles. The van der Waals surface area contributed by atoms with Gasteiger partial charge in [0.25, 0.3) is 0 Å². The molecular weight excluding hydrogens is 304 g/mol. The summed E-state index contributed by atoms with van der Waals surface area (Å²) in [7, 11) is -2.00. The fourth-order valence-corrected chi connectivity index (χ4v) is 4.13. The van der Waals surface area contributed by atoms with Crippen LogP contribution in [0.2, 0.25) is 0 Å². The number of benzene rings is 1.